The Kier molecular flexibility index (Phi) is 4.73. The summed E-state index contributed by atoms with van der Waals surface area (Å²) in [5.41, 5.74) is 1.03. The SMILES string of the molecule is CCNC(c1ccc(F)cc1F)c1c(Cl)cnn1CC. The second-order valence-electron chi connectivity index (χ2n) is 4.35. The minimum atomic E-state index is -0.601. The monoisotopic (exact) mass is 299 g/mol. The molecular weight excluding hydrogens is 284 g/mol. The first-order valence-electron chi connectivity index (χ1n) is 6.48. The number of aryl methyl sites for hydroxylation is 1. The van der Waals surface area contributed by atoms with Gasteiger partial charge in [-0.3, -0.25) is 4.68 Å². The molecule has 0 amide bonds. The van der Waals surface area contributed by atoms with Gasteiger partial charge in [0.1, 0.15) is 11.6 Å². The number of nitrogens with zero attached hydrogens (tertiary/aromatic N) is 2. The Morgan fingerprint density at radius 3 is 2.70 bits per heavy atom. The van der Waals surface area contributed by atoms with E-state index in [0.717, 1.165) is 6.07 Å². The zero-order valence-electron chi connectivity index (χ0n) is 11.3. The van der Waals surface area contributed by atoms with Crippen LogP contribution in [0.25, 0.3) is 0 Å². The van der Waals surface area contributed by atoms with E-state index in [4.69, 9.17) is 11.6 Å². The quantitative estimate of drug-likeness (QED) is 0.915. The molecule has 1 aromatic carbocycles. The lowest BCUT2D eigenvalue weighted by Gasteiger charge is -2.20. The Hall–Kier alpha value is -1.46. The summed E-state index contributed by atoms with van der Waals surface area (Å²) >= 11 is 6.17. The second kappa shape index (κ2) is 6.33. The Morgan fingerprint density at radius 1 is 1.35 bits per heavy atom. The third-order valence-electron chi connectivity index (χ3n) is 3.09. The largest absolute Gasteiger partial charge is 0.305 e. The van der Waals surface area contributed by atoms with E-state index < -0.39 is 17.7 Å². The van der Waals surface area contributed by atoms with Gasteiger partial charge in [-0.1, -0.05) is 24.6 Å². The predicted octanol–water partition coefficient (Wildman–Crippen LogP) is 3.53. The van der Waals surface area contributed by atoms with Crippen LogP contribution in [0.1, 0.15) is 31.1 Å². The lowest BCUT2D eigenvalue weighted by Crippen LogP contribution is -2.26. The first kappa shape index (κ1) is 14.9. The highest BCUT2D eigenvalue weighted by molar-refractivity contribution is 6.31. The maximum Gasteiger partial charge on any atom is 0.131 e. The Labute approximate surface area is 121 Å². The van der Waals surface area contributed by atoms with Gasteiger partial charge in [0.05, 0.1) is 23.0 Å². The number of rotatable bonds is 5. The zero-order chi connectivity index (χ0) is 14.7. The van der Waals surface area contributed by atoms with Crippen molar-refractivity contribution in [1.29, 1.82) is 0 Å². The molecule has 1 aromatic heterocycles. The third kappa shape index (κ3) is 2.83. The maximum atomic E-state index is 14.0. The first-order valence-corrected chi connectivity index (χ1v) is 6.85. The number of nitrogens with one attached hydrogen (secondary N) is 1. The molecule has 0 bridgehead atoms. The van der Waals surface area contributed by atoms with E-state index in [0.29, 0.717) is 29.4 Å². The summed E-state index contributed by atoms with van der Waals surface area (Å²) in [5, 5.41) is 7.79. The summed E-state index contributed by atoms with van der Waals surface area (Å²) in [7, 11) is 0. The van der Waals surface area contributed by atoms with Crippen LogP contribution < -0.4 is 5.32 Å². The highest BCUT2D eigenvalue weighted by Gasteiger charge is 2.23. The van der Waals surface area contributed by atoms with Crippen molar-refractivity contribution in [3.05, 3.63) is 52.3 Å². The van der Waals surface area contributed by atoms with Crippen LogP contribution in [0.15, 0.2) is 24.4 Å². The molecule has 1 atom stereocenters. The topological polar surface area (TPSA) is 29.9 Å². The van der Waals surface area contributed by atoms with Crippen LogP contribution in [0.2, 0.25) is 5.02 Å². The van der Waals surface area contributed by atoms with Crippen LogP contribution in [-0.4, -0.2) is 16.3 Å². The highest BCUT2D eigenvalue weighted by Crippen LogP contribution is 2.30. The average molecular weight is 300 g/mol. The highest BCUT2D eigenvalue weighted by atomic mass is 35.5. The molecule has 2 rings (SSSR count). The molecule has 0 saturated heterocycles. The van der Waals surface area contributed by atoms with Crippen molar-refractivity contribution in [3.8, 4) is 0 Å². The standard InChI is InChI=1S/C14H16ClF2N3/c1-3-18-13(10-6-5-9(16)7-12(10)17)14-11(15)8-19-20(14)4-2/h5-8,13,18H,3-4H2,1-2H3. The van der Waals surface area contributed by atoms with Crippen molar-refractivity contribution in [2.24, 2.45) is 0 Å². The maximum absolute atomic E-state index is 14.0. The van der Waals surface area contributed by atoms with Crippen LogP contribution in [0.3, 0.4) is 0 Å². The van der Waals surface area contributed by atoms with Crippen molar-refractivity contribution in [2.45, 2.75) is 26.4 Å². The first-order chi connectivity index (χ1) is 9.58. The number of aromatic nitrogens is 2. The van der Waals surface area contributed by atoms with E-state index in [1.807, 2.05) is 13.8 Å². The molecule has 0 spiro atoms. The average Bonchev–Trinajstić information content (AvgIpc) is 2.78. The van der Waals surface area contributed by atoms with Gasteiger partial charge in [-0.15, -0.1) is 0 Å². The molecule has 1 heterocycles. The molecule has 6 heteroatoms. The molecule has 0 fully saturated rings. The lowest BCUT2D eigenvalue weighted by molar-refractivity contribution is 0.509. The van der Waals surface area contributed by atoms with Gasteiger partial charge in [0.15, 0.2) is 0 Å². The van der Waals surface area contributed by atoms with E-state index in [2.05, 4.69) is 10.4 Å². The Balaban J connectivity index is 2.53. The molecular formula is C14H16ClF2N3. The fourth-order valence-corrected chi connectivity index (χ4v) is 2.45. The van der Waals surface area contributed by atoms with Gasteiger partial charge in [0.25, 0.3) is 0 Å². The minimum absolute atomic E-state index is 0.352. The molecule has 1 N–H and O–H groups in total. The normalized spacial score (nSPS) is 12.7. The van der Waals surface area contributed by atoms with E-state index in [9.17, 15) is 8.78 Å². The molecule has 0 aliphatic carbocycles. The van der Waals surface area contributed by atoms with Crippen molar-refractivity contribution in [3.63, 3.8) is 0 Å². The molecule has 0 aliphatic heterocycles. The van der Waals surface area contributed by atoms with Crippen LogP contribution in [0.5, 0.6) is 0 Å². The third-order valence-corrected chi connectivity index (χ3v) is 3.38. The molecule has 20 heavy (non-hydrogen) atoms. The predicted molar refractivity (Wildman–Crippen MR) is 74.8 cm³/mol. The van der Waals surface area contributed by atoms with Gasteiger partial charge in [-0.05, 0) is 19.5 Å². The van der Waals surface area contributed by atoms with E-state index in [1.165, 1.54) is 18.3 Å². The number of hydrogen-bond acceptors (Lipinski definition) is 2. The van der Waals surface area contributed by atoms with Crippen LogP contribution >= 0.6 is 11.6 Å². The van der Waals surface area contributed by atoms with Crippen LogP contribution in [0.4, 0.5) is 8.78 Å². The van der Waals surface area contributed by atoms with Crippen LogP contribution in [0, 0.1) is 11.6 Å². The summed E-state index contributed by atoms with van der Waals surface area (Å²) in [6, 6.07) is 3.08. The molecule has 2 aromatic rings. The molecule has 0 aliphatic rings. The summed E-state index contributed by atoms with van der Waals surface area (Å²) in [6.07, 6.45) is 1.53. The van der Waals surface area contributed by atoms with Crippen molar-refractivity contribution in [1.82, 2.24) is 15.1 Å². The van der Waals surface area contributed by atoms with Gasteiger partial charge >= 0.3 is 0 Å². The fourth-order valence-electron chi connectivity index (χ4n) is 2.20. The lowest BCUT2D eigenvalue weighted by atomic mass is 10.0. The number of benzene rings is 1. The van der Waals surface area contributed by atoms with E-state index >= 15 is 0 Å². The molecule has 1 unspecified atom stereocenters. The van der Waals surface area contributed by atoms with Gasteiger partial charge < -0.3 is 5.32 Å². The molecule has 108 valence electrons. The summed E-state index contributed by atoms with van der Waals surface area (Å²) < 4.78 is 28.8. The van der Waals surface area contributed by atoms with Crippen molar-refractivity contribution >= 4 is 11.6 Å². The second-order valence-corrected chi connectivity index (χ2v) is 4.76. The van der Waals surface area contributed by atoms with Gasteiger partial charge in [0, 0.05) is 18.2 Å². The summed E-state index contributed by atoms with van der Waals surface area (Å²) in [5.74, 6) is -1.20. The number of halogens is 3. The molecule has 3 nitrogen and oxygen atoms in total. The number of hydrogen-bond donors (Lipinski definition) is 1. The molecule has 0 saturated carbocycles. The fraction of sp³-hybridized carbons (Fsp3) is 0.357. The van der Waals surface area contributed by atoms with Gasteiger partial charge in [0.2, 0.25) is 0 Å². The minimum Gasteiger partial charge on any atom is -0.305 e. The van der Waals surface area contributed by atoms with Gasteiger partial charge in [-0.25, -0.2) is 8.78 Å². The summed E-state index contributed by atoms with van der Waals surface area (Å²) in [6.45, 7) is 5.07. The molecule has 0 radical (unpaired) electrons. The zero-order valence-corrected chi connectivity index (χ0v) is 12.1. The van der Waals surface area contributed by atoms with Crippen LogP contribution in [-0.2, 0) is 6.54 Å². The van der Waals surface area contributed by atoms with Crippen molar-refractivity contribution in [2.75, 3.05) is 6.54 Å². The smallest absolute Gasteiger partial charge is 0.131 e. The summed E-state index contributed by atoms with van der Waals surface area (Å²) in [4.78, 5) is 0. The van der Waals surface area contributed by atoms with E-state index in [-0.39, 0.29) is 0 Å². The Bertz CT molecular complexity index is 598. The Morgan fingerprint density at radius 2 is 2.10 bits per heavy atom. The van der Waals surface area contributed by atoms with E-state index in [1.54, 1.807) is 4.68 Å². The van der Waals surface area contributed by atoms with Gasteiger partial charge in [-0.2, -0.15) is 5.10 Å². The van der Waals surface area contributed by atoms with Crippen molar-refractivity contribution < 1.29 is 8.78 Å².